The third-order valence-corrected chi connectivity index (χ3v) is 2.47. The zero-order valence-corrected chi connectivity index (χ0v) is 9.24. The van der Waals surface area contributed by atoms with Crippen LogP contribution in [-0.4, -0.2) is 41.5 Å². The van der Waals surface area contributed by atoms with Gasteiger partial charge >= 0.3 is 5.97 Å². The number of aliphatic carboxylic acids is 1. The zero-order valence-electron chi connectivity index (χ0n) is 9.24. The molecule has 8 nitrogen and oxygen atoms in total. The molecule has 2 rings (SSSR count). The smallest absolute Gasteiger partial charge is 0.306 e. The van der Waals surface area contributed by atoms with Crippen LogP contribution in [0.2, 0.25) is 0 Å². The molecule has 90 valence electrons. The molecule has 17 heavy (non-hydrogen) atoms. The van der Waals surface area contributed by atoms with Crippen molar-refractivity contribution in [2.75, 3.05) is 0 Å². The van der Waals surface area contributed by atoms with Crippen molar-refractivity contribution in [2.24, 2.45) is 5.92 Å². The number of rotatable bonds is 5. The monoisotopic (exact) mass is 236 g/mol. The highest BCUT2D eigenvalue weighted by atomic mass is 16.4. The Bertz CT molecular complexity index is 491. The molecule has 0 radical (unpaired) electrons. The Kier molecular flexibility index (Phi) is 3.12. The predicted molar refractivity (Wildman–Crippen MR) is 56.8 cm³/mol. The maximum atomic E-state index is 10.7. The SMILES string of the molecule is CC(CCn1nnnc1-c1ccn[nH]1)C(=O)O. The highest BCUT2D eigenvalue weighted by molar-refractivity contribution is 5.69. The minimum absolute atomic E-state index is 0.422. The van der Waals surface area contributed by atoms with E-state index in [1.165, 1.54) is 0 Å². The largest absolute Gasteiger partial charge is 0.481 e. The van der Waals surface area contributed by atoms with Crippen LogP contribution < -0.4 is 0 Å². The Morgan fingerprint density at radius 2 is 2.47 bits per heavy atom. The van der Waals surface area contributed by atoms with Crippen molar-refractivity contribution < 1.29 is 9.90 Å². The molecule has 0 aromatic carbocycles. The Morgan fingerprint density at radius 1 is 1.65 bits per heavy atom. The number of carboxylic acid groups (broad SMARTS) is 1. The summed E-state index contributed by atoms with van der Waals surface area (Å²) in [6.45, 7) is 2.11. The second-order valence-corrected chi connectivity index (χ2v) is 3.72. The maximum Gasteiger partial charge on any atom is 0.306 e. The van der Waals surface area contributed by atoms with Crippen molar-refractivity contribution in [3.05, 3.63) is 12.3 Å². The number of aromatic nitrogens is 6. The molecule has 2 aromatic heterocycles. The number of nitrogens with zero attached hydrogens (tertiary/aromatic N) is 5. The quantitative estimate of drug-likeness (QED) is 0.766. The molecule has 1 atom stereocenters. The lowest BCUT2D eigenvalue weighted by atomic mass is 10.1. The van der Waals surface area contributed by atoms with Gasteiger partial charge in [0.15, 0.2) is 5.82 Å². The van der Waals surface area contributed by atoms with E-state index < -0.39 is 11.9 Å². The molecular formula is C9H12N6O2. The molecule has 8 heteroatoms. The van der Waals surface area contributed by atoms with E-state index in [9.17, 15) is 4.79 Å². The molecule has 0 amide bonds. The van der Waals surface area contributed by atoms with Gasteiger partial charge in [0.1, 0.15) is 5.69 Å². The number of tetrazole rings is 1. The van der Waals surface area contributed by atoms with Gasteiger partial charge in [-0.2, -0.15) is 5.10 Å². The van der Waals surface area contributed by atoms with Crippen LogP contribution >= 0.6 is 0 Å². The molecule has 2 heterocycles. The second-order valence-electron chi connectivity index (χ2n) is 3.72. The summed E-state index contributed by atoms with van der Waals surface area (Å²) in [6.07, 6.45) is 2.08. The van der Waals surface area contributed by atoms with Crippen LogP contribution in [0.5, 0.6) is 0 Å². The van der Waals surface area contributed by atoms with Crippen LogP contribution in [0.25, 0.3) is 11.5 Å². The van der Waals surface area contributed by atoms with Gasteiger partial charge in [-0.1, -0.05) is 6.92 Å². The van der Waals surface area contributed by atoms with E-state index in [1.54, 1.807) is 23.9 Å². The van der Waals surface area contributed by atoms with Gasteiger partial charge in [-0.05, 0) is 22.9 Å². The fourth-order valence-corrected chi connectivity index (χ4v) is 1.37. The Balaban J connectivity index is 2.08. The molecule has 0 aliphatic heterocycles. The van der Waals surface area contributed by atoms with Crippen LogP contribution in [0, 0.1) is 5.92 Å². The van der Waals surface area contributed by atoms with Crippen LogP contribution in [0.1, 0.15) is 13.3 Å². The number of H-pyrrole nitrogens is 1. The van der Waals surface area contributed by atoms with E-state index in [0.717, 1.165) is 0 Å². The van der Waals surface area contributed by atoms with E-state index in [2.05, 4.69) is 25.7 Å². The van der Waals surface area contributed by atoms with Gasteiger partial charge in [-0.25, -0.2) is 4.68 Å². The first-order valence-electron chi connectivity index (χ1n) is 5.17. The van der Waals surface area contributed by atoms with E-state index in [-0.39, 0.29) is 0 Å². The minimum atomic E-state index is -0.818. The summed E-state index contributed by atoms with van der Waals surface area (Å²) >= 11 is 0. The summed E-state index contributed by atoms with van der Waals surface area (Å²) in [6, 6.07) is 1.75. The third kappa shape index (κ3) is 2.47. The van der Waals surface area contributed by atoms with Gasteiger partial charge in [0.25, 0.3) is 0 Å². The predicted octanol–water partition coefficient (Wildman–Crippen LogP) is 0.174. The Morgan fingerprint density at radius 3 is 3.12 bits per heavy atom. The summed E-state index contributed by atoms with van der Waals surface area (Å²) in [4.78, 5) is 10.7. The standard InChI is InChI=1S/C9H12N6O2/c1-6(9(16)17)3-5-15-8(12-13-14-15)7-2-4-10-11-7/h2,4,6H,3,5H2,1H3,(H,10,11)(H,16,17). The number of nitrogens with one attached hydrogen (secondary N) is 1. The summed E-state index contributed by atoms with van der Waals surface area (Å²) < 4.78 is 1.56. The fraction of sp³-hybridized carbons (Fsp3) is 0.444. The number of carboxylic acids is 1. The molecule has 0 bridgehead atoms. The minimum Gasteiger partial charge on any atom is -0.481 e. The summed E-state index contributed by atoms with van der Waals surface area (Å²) in [5.74, 6) is -0.685. The molecule has 0 spiro atoms. The maximum absolute atomic E-state index is 10.7. The average Bonchev–Trinajstić information content (AvgIpc) is 2.95. The molecule has 0 saturated heterocycles. The molecule has 0 fully saturated rings. The Labute approximate surface area is 96.6 Å². The lowest BCUT2D eigenvalue weighted by Gasteiger charge is -2.06. The molecular weight excluding hydrogens is 224 g/mol. The lowest BCUT2D eigenvalue weighted by molar-refractivity contribution is -0.141. The first kappa shape index (κ1) is 11.2. The average molecular weight is 236 g/mol. The first-order chi connectivity index (χ1) is 8.18. The molecule has 0 saturated carbocycles. The third-order valence-electron chi connectivity index (χ3n) is 2.47. The van der Waals surface area contributed by atoms with Crippen LogP contribution in [-0.2, 0) is 11.3 Å². The summed E-state index contributed by atoms with van der Waals surface area (Å²) in [5.41, 5.74) is 0.706. The highest BCUT2D eigenvalue weighted by Gasteiger charge is 2.14. The lowest BCUT2D eigenvalue weighted by Crippen LogP contribution is -2.14. The van der Waals surface area contributed by atoms with Gasteiger partial charge in [0.2, 0.25) is 0 Å². The van der Waals surface area contributed by atoms with Crippen LogP contribution in [0.3, 0.4) is 0 Å². The zero-order chi connectivity index (χ0) is 12.3. The van der Waals surface area contributed by atoms with Crippen molar-refractivity contribution in [1.82, 2.24) is 30.4 Å². The first-order valence-corrected chi connectivity index (χ1v) is 5.17. The van der Waals surface area contributed by atoms with Gasteiger partial charge in [-0.3, -0.25) is 9.89 Å². The second kappa shape index (κ2) is 4.73. The van der Waals surface area contributed by atoms with Gasteiger partial charge in [0.05, 0.1) is 5.92 Å². The summed E-state index contributed by atoms with van der Waals surface area (Å²) in [7, 11) is 0. The van der Waals surface area contributed by atoms with Crippen molar-refractivity contribution in [2.45, 2.75) is 19.9 Å². The van der Waals surface area contributed by atoms with E-state index >= 15 is 0 Å². The normalized spacial score (nSPS) is 12.5. The number of aromatic amines is 1. The highest BCUT2D eigenvalue weighted by Crippen LogP contribution is 2.13. The number of aryl methyl sites for hydroxylation is 1. The van der Waals surface area contributed by atoms with Crippen LogP contribution in [0.4, 0.5) is 0 Å². The molecule has 2 N–H and O–H groups in total. The molecule has 2 aromatic rings. The Hall–Kier alpha value is -2.25. The van der Waals surface area contributed by atoms with Crippen molar-refractivity contribution in [3.8, 4) is 11.5 Å². The van der Waals surface area contributed by atoms with Crippen LogP contribution in [0.15, 0.2) is 12.3 Å². The van der Waals surface area contributed by atoms with E-state index in [0.29, 0.717) is 24.5 Å². The van der Waals surface area contributed by atoms with E-state index in [4.69, 9.17) is 5.11 Å². The van der Waals surface area contributed by atoms with Crippen molar-refractivity contribution in [3.63, 3.8) is 0 Å². The van der Waals surface area contributed by atoms with Gasteiger partial charge in [0, 0.05) is 12.7 Å². The summed E-state index contributed by atoms with van der Waals surface area (Å²) in [5, 5.41) is 26.6. The fourth-order valence-electron chi connectivity index (χ4n) is 1.37. The number of hydrogen-bond donors (Lipinski definition) is 2. The molecule has 1 unspecified atom stereocenters. The number of hydrogen-bond acceptors (Lipinski definition) is 5. The topological polar surface area (TPSA) is 110 Å². The van der Waals surface area contributed by atoms with E-state index in [1.807, 2.05) is 0 Å². The van der Waals surface area contributed by atoms with Crippen molar-refractivity contribution in [1.29, 1.82) is 0 Å². The molecule has 0 aliphatic rings. The number of carbonyl (C=O) groups is 1. The van der Waals surface area contributed by atoms with Gasteiger partial charge in [-0.15, -0.1) is 5.10 Å². The van der Waals surface area contributed by atoms with Gasteiger partial charge < -0.3 is 5.11 Å². The van der Waals surface area contributed by atoms with Crippen molar-refractivity contribution >= 4 is 5.97 Å². The molecule has 0 aliphatic carbocycles.